The van der Waals surface area contributed by atoms with E-state index in [-0.39, 0.29) is 5.91 Å². The predicted molar refractivity (Wildman–Crippen MR) is 115 cm³/mol. The summed E-state index contributed by atoms with van der Waals surface area (Å²) < 4.78 is 25.4. The summed E-state index contributed by atoms with van der Waals surface area (Å²) in [5, 5.41) is 2.93. The maximum Gasteiger partial charge on any atom is 0.255 e. The molecule has 0 atom stereocenters. The van der Waals surface area contributed by atoms with E-state index in [4.69, 9.17) is 0 Å². The number of carbonyl (C=O) groups excluding carboxylic acids is 1. The minimum atomic E-state index is -3.30. The second kappa shape index (κ2) is 8.78. The number of benzene rings is 2. The molecule has 1 N–H and O–H groups in total. The van der Waals surface area contributed by atoms with Gasteiger partial charge in [0.2, 0.25) is 10.0 Å². The summed E-state index contributed by atoms with van der Waals surface area (Å²) >= 11 is 0. The molecule has 28 heavy (non-hydrogen) atoms. The van der Waals surface area contributed by atoms with Crippen molar-refractivity contribution in [2.24, 2.45) is 0 Å². The number of nitrogens with zero attached hydrogens (tertiary/aromatic N) is 1. The fraction of sp³-hybridized carbons (Fsp3) is 0.409. The zero-order chi connectivity index (χ0) is 20.1. The minimum Gasteiger partial charge on any atom is -0.322 e. The van der Waals surface area contributed by atoms with Crippen molar-refractivity contribution >= 4 is 27.3 Å². The highest BCUT2D eigenvalue weighted by Crippen LogP contribution is 2.30. The summed E-state index contributed by atoms with van der Waals surface area (Å²) in [5.74, 6) is -0.182. The Morgan fingerprint density at radius 2 is 1.86 bits per heavy atom. The molecule has 2 aromatic rings. The summed E-state index contributed by atoms with van der Waals surface area (Å²) in [6.07, 6.45) is 7.42. The van der Waals surface area contributed by atoms with E-state index >= 15 is 0 Å². The standard InChI is InChI=1S/C22H28N2O3S/c1-3-4-5-7-17-9-12-20(13-10-17)23-22(25)19-11-14-21-18(16-19)8-6-15-24(21)28(2,26)27/h9-14,16H,3-8,15H2,1-2H3,(H,23,25). The Kier molecular flexibility index (Phi) is 6.39. The van der Waals surface area contributed by atoms with E-state index in [2.05, 4.69) is 24.4 Å². The highest BCUT2D eigenvalue weighted by Gasteiger charge is 2.24. The van der Waals surface area contributed by atoms with Crippen molar-refractivity contribution in [2.75, 3.05) is 22.4 Å². The van der Waals surface area contributed by atoms with Crippen molar-refractivity contribution in [3.8, 4) is 0 Å². The molecule has 6 heteroatoms. The van der Waals surface area contributed by atoms with Gasteiger partial charge in [-0.1, -0.05) is 31.9 Å². The molecular weight excluding hydrogens is 372 g/mol. The average molecular weight is 401 g/mol. The highest BCUT2D eigenvalue weighted by molar-refractivity contribution is 7.92. The van der Waals surface area contributed by atoms with Gasteiger partial charge in [-0.15, -0.1) is 0 Å². The van der Waals surface area contributed by atoms with Crippen LogP contribution in [-0.2, 0) is 22.9 Å². The quantitative estimate of drug-likeness (QED) is 0.701. The molecule has 3 rings (SSSR count). The largest absolute Gasteiger partial charge is 0.322 e. The molecule has 150 valence electrons. The van der Waals surface area contributed by atoms with E-state index in [0.717, 1.165) is 30.5 Å². The summed E-state index contributed by atoms with van der Waals surface area (Å²) in [4.78, 5) is 12.6. The molecule has 0 spiro atoms. The Balaban J connectivity index is 1.70. The number of carbonyl (C=O) groups is 1. The smallest absolute Gasteiger partial charge is 0.255 e. The number of hydrogen-bond donors (Lipinski definition) is 1. The number of amides is 1. The fourth-order valence-electron chi connectivity index (χ4n) is 3.59. The third kappa shape index (κ3) is 4.93. The summed E-state index contributed by atoms with van der Waals surface area (Å²) in [7, 11) is -3.30. The molecule has 0 saturated heterocycles. The first kappa shape index (κ1) is 20.4. The molecule has 0 radical (unpaired) electrons. The van der Waals surface area contributed by atoms with Gasteiger partial charge in [0.25, 0.3) is 5.91 Å². The van der Waals surface area contributed by atoms with Gasteiger partial charge in [-0.2, -0.15) is 0 Å². The summed E-state index contributed by atoms with van der Waals surface area (Å²) in [6.45, 7) is 2.68. The Morgan fingerprint density at radius 1 is 1.11 bits per heavy atom. The minimum absolute atomic E-state index is 0.182. The fourth-order valence-corrected chi connectivity index (χ4v) is 4.58. The van der Waals surface area contributed by atoms with Crippen LogP contribution >= 0.6 is 0 Å². The highest BCUT2D eigenvalue weighted by atomic mass is 32.2. The number of sulfonamides is 1. The van der Waals surface area contributed by atoms with Crippen molar-refractivity contribution in [2.45, 2.75) is 45.4 Å². The monoisotopic (exact) mass is 400 g/mol. The molecule has 1 aliphatic heterocycles. The molecule has 0 aromatic heterocycles. The van der Waals surface area contributed by atoms with Crippen molar-refractivity contribution < 1.29 is 13.2 Å². The lowest BCUT2D eigenvalue weighted by Crippen LogP contribution is -2.34. The third-order valence-corrected chi connectivity index (χ3v) is 6.28. The molecule has 1 amide bonds. The molecule has 1 aliphatic rings. The molecule has 5 nitrogen and oxygen atoms in total. The van der Waals surface area contributed by atoms with E-state index in [1.54, 1.807) is 18.2 Å². The van der Waals surface area contributed by atoms with Crippen LogP contribution in [-0.4, -0.2) is 27.1 Å². The van der Waals surface area contributed by atoms with Crippen molar-refractivity contribution in [3.05, 3.63) is 59.2 Å². The number of nitrogens with one attached hydrogen (secondary N) is 1. The molecular formula is C22H28N2O3S. The molecule has 0 aliphatic carbocycles. The van der Waals surface area contributed by atoms with Crippen LogP contribution in [0.1, 0.15) is 54.1 Å². The van der Waals surface area contributed by atoms with Gasteiger partial charge in [-0.3, -0.25) is 9.10 Å². The first-order chi connectivity index (χ1) is 13.4. The number of unbranched alkanes of at least 4 members (excludes halogenated alkanes) is 2. The van der Waals surface area contributed by atoms with Gasteiger partial charge in [-0.05, 0) is 67.1 Å². The van der Waals surface area contributed by atoms with Crippen LogP contribution in [0.2, 0.25) is 0 Å². The predicted octanol–water partition coefficient (Wildman–Crippen LogP) is 4.38. The normalized spacial score (nSPS) is 13.9. The number of rotatable bonds is 7. The van der Waals surface area contributed by atoms with Crippen molar-refractivity contribution in [1.29, 1.82) is 0 Å². The maximum atomic E-state index is 12.6. The Labute approximate surface area is 167 Å². The van der Waals surface area contributed by atoms with Crippen LogP contribution in [0.15, 0.2) is 42.5 Å². The first-order valence-corrected chi connectivity index (χ1v) is 11.7. The number of fused-ring (bicyclic) bond motifs is 1. The van der Waals surface area contributed by atoms with Crippen LogP contribution < -0.4 is 9.62 Å². The van der Waals surface area contributed by atoms with Crippen LogP contribution in [0.3, 0.4) is 0 Å². The second-order valence-corrected chi connectivity index (χ2v) is 9.30. The molecule has 0 unspecified atom stereocenters. The molecule has 1 heterocycles. The SMILES string of the molecule is CCCCCc1ccc(NC(=O)c2ccc3c(c2)CCCN3S(C)(=O)=O)cc1. The van der Waals surface area contributed by atoms with Crippen LogP contribution in [0, 0.1) is 0 Å². The average Bonchev–Trinajstić information content (AvgIpc) is 2.68. The Hall–Kier alpha value is -2.34. The van der Waals surface area contributed by atoms with E-state index in [9.17, 15) is 13.2 Å². The number of anilines is 2. The van der Waals surface area contributed by atoms with Gasteiger partial charge in [0.05, 0.1) is 11.9 Å². The van der Waals surface area contributed by atoms with Crippen molar-refractivity contribution in [1.82, 2.24) is 0 Å². The van der Waals surface area contributed by atoms with E-state index < -0.39 is 10.0 Å². The Bertz CT molecular complexity index is 937. The zero-order valence-electron chi connectivity index (χ0n) is 16.6. The summed E-state index contributed by atoms with van der Waals surface area (Å²) in [5.41, 5.74) is 4.17. The lowest BCUT2D eigenvalue weighted by atomic mass is 10.0. The number of aryl methyl sites for hydroxylation is 2. The molecule has 0 bridgehead atoms. The maximum absolute atomic E-state index is 12.6. The second-order valence-electron chi connectivity index (χ2n) is 7.39. The molecule has 2 aromatic carbocycles. The van der Waals surface area contributed by atoms with Gasteiger partial charge >= 0.3 is 0 Å². The van der Waals surface area contributed by atoms with E-state index in [0.29, 0.717) is 17.8 Å². The van der Waals surface area contributed by atoms with Gasteiger partial charge in [0, 0.05) is 17.8 Å². The lowest BCUT2D eigenvalue weighted by Gasteiger charge is -2.29. The molecule has 0 saturated carbocycles. The van der Waals surface area contributed by atoms with Gasteiger partial charge in [-0.25, -0.2) is 8.42 Å². The van der Waals surface area contributed by atoms with Gasteiger partial charge < -0.3 is 5.32 Å². The molecule has 0 fully saturated rings. The lowest BCUT2D eigenvalue weighted by molar-refractivity contribution is 0.102. The van der Waals surface area contributed by atoms with E-state index in [1.807, 2.05) is 12.1 Å². The Morgan fingerprint density at radius 3 is 2.54 bits per heavy atom. The van der Waals surface area contributed by atoms with Gasteiger partial charge in [0.1, 0.15) is 0 Å². The number of hydrogen-bond acceptors (Lipinski definition) is 3. The first-order valence-electron chi connectivity index (χ1n) is 9.89. The van der Waals surface area contributed by atoms with Gasteiger partial charge in [0.15, 0.2) is 0 Å². The van der Waals surface area contributed by atoms with Crippen LogP contribution in [0.25, 0.3) is 0 Å². The summed E-state index contributed by atoms with van der Waals surface area (Å²) in [6, 6.07) is 13.2. The van der Waals surface area contributed by atoms with Crippen LogP contribution in [0.4, 0.5) is 11.4 Å². The van der Waals surface area contributed by atoms with Crippen molar-refractivity contribution in [3.63, 3.8) is 0 Å². The zero-order valence-corrected chi connectivity index (χ0v) is 17.4. The third-order valence-electron chi connectivity index (χ3n) is 5.10. The van der Waals surface area contributed by atoms with Crippen LogP contribution in [0.5, 0.6) is 0 Å². The van der Waals surface area contributed by atoms with E-state index in [1.165, 1.54) is 35.4 Å². The topological polar surface area (TPSA) is 66.5 Å².